The molecular weight excluding hydrogens is 436 g/mol. The predicted molar refractivity (Wildman–Crippen MR) is 124 cm³/mol. The maximum absolute atomic E-state index is 12.9. The number of hydrogen-bond acceptors (Lipinski definition) is 6. The van der Waals surface area contributed by atoms with Crippen LogP contribution >= 0.6 is 0 Å². The molecule has 2 aliphatic rings. The van der Waals surface area contributed by atoms with Gasteiger partial charge in [0.15, 0.2) is 0 Å². The minimum absolute atomic E-state index is 0.0305. The lowest BCUT2D eigenvalue weighted by molar-refractivity contribution is -0.907. The number of rotatable bonds is 7. The smallest absolute Gasteiger partial charge is 0.417 e. The first-order valence-electron chi connectivity index (χ1n) is 11.9. The van der Waals surface area contributed by atoms with E-state index in [4.69, 9.17) is 14.6 Å². The normalized spacial score (nSPS) is 22.5. The number of ether oxygens (including phenoxy) is 2. The second kappa shape index (κ2) is 8.79. The van der Waals surface area contributed by atoms with Gasteiger partial charge in [-0.1, -0.05) is 0 Å². The molecule has 9 nitrogen and oxygen atoms in total. The zero-order valence-corrected chi connectivity index (χ0v) is 19.5. The second-order valence-corrected chi connectivity index (χ2v) is 9.28. The van der Waals surface area contributed by atoms with Crippen LogP contribution in [0, 0.1) is 5.92 Å². The van der Waals surface area contributed by atoms with E-state index >= 15 is 0 Å². The molecule has 0 unspecified atom stereocenters. The van der Waals surface area contributed by atoms with Gasteiger partial charge in [0.05, 0.1) is 47.4 Å². The molecule has 0 radical (unpaired) electrons. The molecule has 180 valence electrons. The third kappa shape index (κ3) is 4.16. The van der Waals surface area contributed by atoms with Crippen LogP contribution in [0.15, 0.2) is 36.5 Å². The number of nitrogens with one attached hydrogen (secondary N) is 1. The van der Waals surface area contributed by atoms with Crippen LogP contribution in [-0.2, 0) is 0 Å². The average Bonchev–Trinajstić information content (AvgIpc) is 3.61. The van der Waals surface area contributed by atoms with Crippen LogP contribution in [0.4, 0.5) is 5.69 Å². The summed E-state index contributed by atoms with van der Waals surface area (Å²) in [7, 11) is 1.42. The monoisotopic (exact) mass is 467 g/mol. The van der Waals surface area contributed by atoms with E-state index in [0.717, 1.165) is 49.4 Å². The predicted octanol–water partition coefficient (Wildman–Crippen LogP) is 3.48. The van der Waals surface area contributed by atoms with Gasteiger partial charge in [0.25, 0.3) is 0 Å². The number of hydrogen-bond donors (Lipinski definition) is 3. The van der Waals surface area contributed by atoms with Gasteiger partial charge in [0.1, 0.15) is 5.75 Å². The number of nitrogens with zero attached hydrogens (tertiary/aromatic N) is 3. The molecule has 0 bridgehead atoms. The van der Waals surface area contributed by atoms with E-state index in [9.17, 15) is 15.1 Å². The number of aliphatic hydroxyl groups is 1. The first-order valence-corrected chi connectivity index (χ1v) is 11.9. The number of pyridine rings is 1. The topological polar surface area (TPSA) is 110 Å². The molecule has 2 aromatic heterocycles. The Morgan fingerprint density at radius 1 is 1.26 bits per heavy atom. The largest absolute Gasteiger partial charge is 0.492 e. The van der Waals surface area contributed by atoms with Crippen molar-refractivity contribution in [3.05, 3.63) is 42.2 Å². The van der Waals surface area contributed by atoms with E-state index in [2.05, 4.69) is 5.32 Å². The molecule has 0 saturated heterocycles. The summed E-state index contributed by atoms with van der Waals surface area (Å²) in [5.41, 5.74) is 0.811. The number of methoxy groups -OCH3 is 1. The van der Waals surface area contributed by atoms with Gasteiger partial charge in [0.2, 0.25) is 0 Å². The van der Waals surface area contributed by atoms with Crippen LogP contribution in [0.25, 0.3) is 10.9 Å². The molecule has 0 atom stereocenters. The summed E-state index contributed by atoms with van der Waals surface area (Å²) in [5.74, 6) is 0.635. The highest BCUT2D eigenvalue weighted by molar-refractivity contribution is 6.04. The van der Waals surface area contributed by atoms with Crippen LogP contribution in [0.2, 0.25) is 0 Å². The number of aromatic nitrogens is 3. The molecular formula is C25H31N4O5+. The zero-order valence-electron chi connectivity index (χ0n) is 19.5. The van der Waals surface area contributed by atoms with Gasteiger partial charge in [-0.15, -0.1) is 0 Å². The van der Waals surface area contributed by atoms with Crippen LogP contribution < -0.4 is 19.5 Å². The lowest BCUT2D eigenvalue weighted by Gasteiger charge is -2.36. The number of benzene rings is 1. The highest BCUT2D eigenvalue weighted by atomic mass is 16.5. The molecule has 0 spiro atoms. The van der Waals surface area contributed by atoms with Crippen molar-refractivity contribution >= 4 is 22.5 Å². The van der Waals surface area contributed by atoms with Gasteiger partial charge in [-0.05, 0) is 63.5 Å². The maximum atomic E-state index is 12.9. The third-order valence-electron chi connectivity index (χ3n) is 7.08. The Bertz CT molecular complexity index is 1210. The van der Waals surface area contributed by atoms with Gasteiger partial charge >= 0.3 is 17.5 Å². The number of fused-ring (bicyclic) bond motifs is 1. The molecule has 2 fully saturated rings. The highest BCUT2D eigenvalue weighted by Crippen LogP contribution is 2.49. The molecule has 3 N–H and O–H groups in total. The lowest BCUT2D eigenvalue weighted by Crippen LogP contribution is -2.40. The van der Waals surface area contributed by atoms with E-state index in [1.807, 2.05) is 29.9 Å². The van der Waals surface area contributed by atoms with Crippen LogP contribution in [0.1, 0.15) is 62.0 Å². The molecule has 2 saturated carbocycles. The number of carbonyl (C=O) groups is 1. The summed E-state index contributed by atoms with van der Waals surface area (Å²) < 4.78 is 13.6. The number of amides is 1. The summed E-state index contributed by atoms with van der Waals surface area (Å²) >= 11 is 0. The van der Waals surface area contributed by atoms with Crippen molar-refractivity contribution in [1.82, 2.24) is 9.78 Å². The molecule has 34 heavy (non-hydrogen) atoms. The Balaban J connectivity index is 1.40. The molecule has 9 heteroatoms. The highest BCUT2D eigenvalue weighted by Gasteiger charge is 2.45. The van der Waals surface area contributed by atoms with E-state index in [1.54, 1.807) is 12.1 Å². The summed E-state index contributed by atoms with van der Waals surface area (Å²) in [6.07, 6.45) is 7.70. The van der Waals surface area contributed by atoms with Crippen molar-refractivity contribution in [2.75, 3.05) is 19.0 Å². The van der Waals surface area contributed by atoms with Crippen molar-refractivity contribution in [2.45, 2.75) is 57.1 Å². The molecule has 1 amide bonds. The Morgan fingerprint density at radius 3 is 2.71 bits per heavy atom. The SMILES string of the molecule is CCOc1cc2nn(C3CCC(O)(C4CC4)CC3)cc2cc1NC(=O)c1cccc(OC)[n+]1O. The lowest BCUT2D eigenvalue weighted by atomic mass is 9.79. The van der Waals surface area contributed by atoms with Gasteiger partial charge in [0, 0.05) is 23.7 Å². The minimum Gasteiger partial charge on any atom is -0.492 e. The molecule has 5 rings (SSSR count). The van der Waals surface area contributed by atoms with Gasteiger partial charge < -0.3 is 19.9 Å². The van der Waals surface area contributed by atoms with Crippen LogP contribution in [-0.4, -0.2) is 45.3 Å². The Hall–Kier alpha value is -3.33. The molecule has 3 aromatic rings. The fourth-order valence-electron chi connectivity index (χ4n) is 5.02. The summed E-state index contributed by atoms with van der Waals surface area (Å²) in [5, 5.41) is 29.6. The first-order chi connectivity index (χ1) is 16.4. The fourth-order valence-corrected chi connectivity index (χ4v) is 5.02. The van der Waals surface area contributed by atoms with Crippen molar-refractivity contribution in [2.24, 2.45) is 5.92 Å². The van der Waals surface area contributed by atoms with E-state index in [-0.39, 0.29) is 17.6 Å². The van der Waals surface area contributed by atoms with Gasteiger partial charge in [-0.2, -0.15) is 5.10 Å². The Morgan fingerprint density at radius 2 is 2.03 bits per heavy atom. The molecule has 1 aromatic carbocycles. The molecule has 0 aliphatic heterocycles. The summed E-state index contributed by atoms with van der Waals surface area (Å²) in [6, 6.07) is 8.59. The van der Waals surface area contributed by atoms with Crippen molar-refractivity contribution < 1.29 is 29.3 Å². The number of carbonyl (C=O) groups excluding carboxylic acids is 1. The number of anilines is 1. The summed E-state index contributed by atoms with van der Waals surface area (Å²) in [4.78, 5) is 12.9. The van der Waals surface area contributed by atoms with Crippen molar-refractivity contribution in [3.63, 3.8) is 0 Å². The zero-order chi connectivity index (χ0) is 23.9. The Labute approximate surface area is 197 Å². The average molecular weight is 468 g/mol. The summed E-state index contributed by atoms with van der Waals surface area (Å²) in [6.45, 7) is 2.30. The van der Waals surface area contributed by atoms with Gasteiger partial charge in [-0.3, -0.25) is 14.7 Å². The van der Waals surface area contributed by atoms with E-state index in [1.165, 1.54) is 13.2 Å². The standard InChI is InChI=1S/C25H30N4O5/c1-3-34-22-14-19-16(13-20(22)26-24(30)21-5-4-6-23(33-2)29(21)32)15-28(27-19)18-9-11-25(31,12-10-18)17-7-8-17/h4-6,13-15,17-18,31H,3,7-12H2,1-2H3,(H-,26,30,32)/p+1. The first kappa shape index (κ1) is 22.5. The third-order valence-corrected chi connectivity index (χ3v) is 7.08. The van der Waals surface area contributed by atoms with Crippen molar-refractivity contribution in [3.8, 4) is 11.6 Å². The minimum atomic E-state index is -0.499. The van der Waals surface area contributed by atoms with Gasteiger partial charge in [-0.25, -0.2) is 0 Å². The second-order valence-electron chi connectivity index (χ2n) is 9.28. The van der Waals surface area contributed by atoms with Crippen LogP contribution in [0.5, 0.6) is 11.6 Å². The van der Waals surface area contributed by atoms with Crippen molar-refractivity contribution in [1.29, 1.82) is 0 Å². The maximum Gasteiger partial charge on any atom is 0.417 e. The van der Waals surface area contributed by atoms with E-state index < -0.39 is 11.5 Å². The molecule has 2 heterocycles. The fraction of sp³-hybridized carbons (Fsp3) is 0.480. The quantitative estimate of drug-likeness (QED) is 0.363. The van der Waals surface area contributed by atoms with Crippen LogP contribution in [0.3, 0.4) is 0 Å². The van der Waals surface area contributed by atoms with E-state index in [0.29, 0.717) is 28.7 Å². The Kier molecular flexibility index (Phi) is 5.81. The molecule has 2 aliphatic carbocycles.